The van der Waals surface area contributed by atoms with Crippen LogP contribution in [0.4, 0.5) is 0 Å². The highest BCUT2D eigenvalue weighted by Gasteiger charge is 2.14. The van der Waals surface area contributed by atoms with E-state index >= 15 is 0 Å². The molecule has 0 heterocycles. The quantitative estimate of drug-likeness (QED) is 0.644. The number of hydrogen-bond donors (Lipinski definition) is 0. The maximum absolute atomic E-state index is 11.7. The molecule has 1 amide bonds. The van der Waals surface area contributed by atoms with Crippen LogP contribution in [0.3, 0.4) is 0 Å². The Balaban J connectivity index is 3.73. The van der Waals surface area contributed by atoms with Gasteiger partial charge < -0.3 is 4.90 Å². The van der Waals surface area contributed by atoms with Gasteiger partial charge in [0.05, 0.1) is 0 Å². The number of rotatable bonds is 6. The van der Waals surface area contributed by atoms with Crippen LogP contribution < -0.4 is 0 Å². The van der Waals surface area contributed by atoms with Crippen LogP contribution in [0.2, 0.25) is 0 Å². The van der Waals surface area contributed by atoms with Crippen LogP contribution >= 0.6 is 0 Å². The SMILES string of the molecule is CCC(C)C(=O)N(C)CCCC(C)C. The number of hydrogen-bond acceptors (Lipinski definition) is 1. The average molecular weight is 199 g/mol. The lowest BCUT2D eigenvalue weighted by atomic mass is 10.1. The molecule has 14 heavy (non-hydrogen) atoms. The normalized spacial score (nSPS) is 13.0. The molecule has 84 valence electrons. The van der Waals surface area contributed by atoms with Crippen LogP contribution in [0, 0.1) is 11.8 Å². The Morgan fingerprint density at radius 2 is 1.86 bits per heavy atom. The summed E-state index contributed by atoms with van der Waals surface area (Å²) in [5, 5.41) is 0. The number of amides is 1. The van der Waals surface area contributed by atoms with E-state index in [0.29, 0.717) is 0 Å². The minimum atomic E-state index is 0.180. The Labute approximate surface area is 88.7 Å². The van der Waals surface area contributed by atoms with E-state index in [-0.39, 0.29) is 11.8 Å². The van der Waals surface area contributed by atoms with E-state index in [1.807, 2.05) is 18.9 Å². The molecule has 0 spiro atoms. The summed E-state index contributed by atoms with van der Waals surface area (Å²) in [6.45, 7) is 9.40. The predicted octanol–water partition coefficient (Wildman–Crippen LogP) is 2.93. The molecule has 1 atom stereocenters. The second-order valence-corrected chi connectivity index (χ2v) is 4.61. The Morgan fingerprint density at radius 1 is 1.29 bits per heavy atom. The maximum atomic E-state index is 11.7. The van der Waals surface area contributed by atoms with Crippen LogP contribution in [0.25, 0.3) is 0 Å². The Kier molecular flexibility index (Phi) is 6.60. The van der Waals surface area contributed by atoms with Crippen molar-refractivity contribution in [2.45, 2.75) is 47.0 Å². The van der Waals surface area contributed by atoms with E-state index in [9.17, 15) is 4.79 Å². The standard InChI is InChI=1S/C12H25NO/c1-6-11(4)12(14)13(5)9-7-8-10(2)3/h10-11H,6-9H2,1-5H3. The smallest absolute Gasteiger partial charge is 0.225 e. The highest BCUT2D eigenvalue weighted by molar-refractivity contribution is 5.78. The van der Waals surface area contributed by atoms with Crippen LogP contribution in [0.1, 0.15) is 47.0 Å². The third-order valence-electron chi connectivity index (χ3n) is 2.69. The van der Waals surface area contributed by atoms with Gasteiger partial charge in [-0.15, -0.1) is 0 Å². The molecular weight excluding hydrogens is 174 g/mol. The first-order chi connectivity index (χ1) is 6.49. The predicted molar refractivity (Wildman–Crippen MR) is 61.2 cm³/mol. The van der Waals surface area contributed by atoms with Crippen molar-refractivity contribution in [3.8, 4) is 0 Å². The Hall–Kier alpha value is -0.530. The van der Waals surface area contributed by atoms with Gasteiger partial charge in [-0.25, -0.2) is 0 Å². The summed E-state index contributed by atoms with van der Waals surface area (Å²) in [6.07, 6.45) is 3.27. The molecule has 0 N–H and O–H groups in total. The fourth-order valence-corrected chi connectivity index (χ4v) is 1.40. The molecule has 0 fully saturated rings. The summed E-state index contributed by atoms with van der Waals surface area (Å²) >= 11 is 0. The Morgan fingerprint density at radius 3 is 2.29 bits per heavy atom. The minimum absolute atomic E-state index is 0.180. The number of carbonyl (C=O) groups is 1. The van der Waals surface area contributed by atoms with Gasteiger partial charge in [-0.05, 0) is 25.2 Å². The van der Waals surface area contributed by atoms with Crippen molar-refractivity contribution in [3.05, 3.63) is 0 Å². The molecule has 0 rings (SSSR count). The molecule has 0 aliphatic rings. The first kappa shape index (κ1) is 13.5. The molecular formula is C12H25NO. The van der Waals surface area contributed by atoms with E-state index in [2.05, 4.69) is 20.8 Å². The molecule has 0 bridgehead atoms. The van der Waals surface area contributed by atoms with Crippen LogP contribution in [0.15, 0.2) is 0 Å². The van der Waals surface area contributed by atoms with Gasteiger partial charge in [0.15, 0.2) is 0 Å². The van der Waals surface area contributed by atoms with Crippen LogP contribution in [0.5, 0.6) is 0 Å². The Bertz CT molecular complexity index is 166. The molecule has 0 aromatic rings. The minimum Gasteiger partial charge on any atom is -0.346 e. The molecule has 0 aliphatic carbocycles. The maximum Gasteiger partial charge on any atom is 0.225 e. The summed E-state index contributed by atoms with van der Waals surface area (Å²) in [6, 6.07) is 0. The van der Waals surface area contributed by atoms with E-state index < -0.39 is 0 Å². The van der Waals surface area contributed by atoms with Crippen molar-refractivity contribution in [3.63, 3.8) is 0 Å². The fourth-order valence-electron chi connectivity index (χ4n) is 1.40. The lowest BCUT2D eigenvalue weighted by molar-refractivity contribution is -0.133. The zero-order valence-corrected chi connectivity index (χ0v) is 10.3. The first-order valence-electron chi connectivity index (χ1n) is 5.74. The summed E-state index contributed by atoms with van der Waals surface area (Å²) < 4.78 is 0. The van der Waals surface area contributed by atoms with Crippen molar-refractivity contribution in [1.29, 1.82) is 0 Å². The van der Waals surface area contributed by atoms with E-state index in [0.717, 1.165) is 25.3 Å². The van der Waals surface area contributed by atoms with E-state index in [4.69, 9.17) is 0 Å². The lowest BCUT2D eigenvalue weighted by Crippen LogP contribution is -2.32. The van der Waals surface area contributed by atoms with Gasteiger partial charge in [0.2, 0.25) is 5.91 Å². The highest BCUT2D eigenvalue weighted by Crippen LogP contribution is 2.08. The van der Waals surface area contributed by atoms with Gasteiger partial charge in [-0.1, -0.05) is 27.7 Å². The lowest BCUT2D eigenvalue weighted by Gasteiger charge is -2.20. The second-order valence-electron chi connectivity index (χ2n) is 4.61. The average Bonchev–Trinajstić information content (AvgIpc) is 2.14. The summed E-state index contributed by atoms with van der Waals surface area (Å²) in [5.74, 6) is 1.21. The monoisotopic (exact) mass is 199 g/mol. The summed E-state index contributed by atoms with van der Waals surface area (Å²) in [7, 11) is 1.91. The fraction of sp³-hybridized carbons (Fsp3) is 0.917. The second kappa shape index (κ2) is 6.86. The zero-order valence-electron chi connectivity index (χ0n) is 10.3. The van der Waals surface area contributed by atoms with Gasteiger partial charge >= 0.3 is 0 Å². The van der Waals surface area contributed by atoms with Crippen molar-refractivity contribution in [1.82, 2.24) is 4.90 Å². The van der Waals surface area contributed by atoms with Gasteiger partial charge in [0, 0.05) is 19.5 Å². The van der Waals surface area contributed by atoms with E-state index in [1.54, 1.807) is 0 Å². The molecule has 0 aromatic heterocycles. The third kappa shape index (κ3) is 5.25. The van der Waals surface area contributed by atoms with Gasteiger partial charge in [-0.2, -0.15) is 0 Å². The molecule has 0 saturated carbocycles. The van der Waals surface area contributed by atoms with Gasteiger partial charge in [0.25, 0.3) is 0 Å². The molecule has 0 aliphatic heterocycles. The zero-order chi connectivity index (χ0) is 11.1. The van der Waals surface area contributed by atoms with Crippen molar-refractivity contribution < 1.29 is 4.79 Å². The molecule has 0 radical (unpaired) electrons. The molecule has 0 saturated heterocycles. The van der Waals surface area contributed by atoms with Crippen LogP contribution in [-0.2, 0) is 4.79 Å². The highest BCUT2D eigenvalue weighted by atomic mass is 16.2. The largest absolute Gasteiger partial charge is 0.346 e. The van der Waals surface area contributed by atoms with Crippen molar-refractivity contribution in [2.24, 2.45) is 11.8 Å². The third-order valence-corrected chi connectivity index (χ3v) is 2.69. The van der Waals surface area contributed by atoms with Crippen molar-refractivity contribution >= 4 is 5.91 Å². The summed E-state index contributed by atoms with van der Waals surface area (Å²) in [5.41, 5.74) is 0. The number of carbonyl (C=O) groups excluding carboxylic acids is 1. The molecule has 2 nitrogen and oxygen atoms in total. The molecule has 2 heteroatoms. The molecule has 0 aromatic carbocycles. The van der Waals surface area contributed by atoms with Gasteiger partial charge in [-0.3, -0.25) is 4.79 Å². The topological polar surface area (TPSA) is 20.3 Å². The first-order valence-corrected chi connectivity index (χ1v) is 5.74. The number of nitrogens with zero attached hydrogens (tertiary/aromatic N) is 1. The molecule has 1 unspecified atom stereocenters. The van der Waals surface area contributed by atoms with Crippen LogP contribution in [-0.4, -0.2) is 24.4 Å². The van der Waals surface area contributed by atoms with E-state index in [1.165, 1.54) is 6.42 Å². The van der Waals surface area contributed by atoms with Gasteiger partial charge in [0.1, 0.15) is 0 Å². The summed E-state index contributed by atoms with van der Waals surface area (Å²) in [4.78, 5) is 13.5. The van der Waals surface area contributed by atoms with Crippen molar-refractivity contribution in [2.75, 3.05) is 13.6 Å².